The Kier molecular flexibility index (Phi) is 3.26. The van der Waals surface area contributed by atoms with Crippen LogP contribution in [0.25, 0.3) is 11.1 Å². The number of amides is 2. The third kappa shape index (κ3) is 2.66. The van der Waals surface area contributed by atoms with Crippen molar-refractivity contribution in [2.45, 2.75) is 31.8 Å². The van der Waals surface area contributed by atoms with E-state index in [4.69, 9.17) is 9.15 Å². The molecule has 4 rings (SSSR count). The number of hydrogen-bond donors (Lipinski definition) is 1. The highest BCUT2D eigenvalue weighted by Crippen LogP contribution is 2.40. The fourth-order valence-corrected chi connectivity index (χ4v) is 2.73. The maximum atomic E-state index is 12.3. The zero-order valence-corrected chi connectivity index (χ0v) is 12.5. The van der Waals surface area contributed by atoms with E-state index in [2.05, 4.69) is 10.3 Å². The number of morpholine rings is 1. The van der Waals surface area contributed by atoms with Crippen LogP contribution in [0.3, 0.4) is 0 Å². The average molecular weight is 301 g/mol. The SMILES string of the molecule is C[C@H]1CN(C(=O)Nc2ccc3oc(C4CC4)nc3c2)CCO1. The fourth-order valence-electron chi connectivity index (χ4n) is 2.73. The number of anilines is 1. The Morgan fingerprint density at radius 1 is 1.41 bits per heavy atom. The standard InChI is InChI=1S/C16H19N3O3/c1-10-9-19(6-7-21-10)16(20)17-12-4-5-14-13(8-12)18-15(22-14)11-2-3-11/h4-5,8,10-11H,2-3,6-7,9H2,1H3,(H,17,20)/t10-/m0/s1. The Balaban J connectivity index is 1.49. The highest BCUT2D eigenvalue weighted by Gasteiger charge is 2.29. The summed E-state index contributed by atoms with van der Waals surface area (Å²) in [6.45, 7) is 3.79. The highest BCUT2D eigenvalue weighted by molar-refractivity contribution is 5.91. The van der Waals surface area contributed by atoms with Crippen molar-refractivity contribution in [3.63, 3.8) is 0 Å². The van der Waals surface area contributed by atoms with Crippen LogP contribution in [0, 0.1) is 0 Å². The molecule has 1 aliphatic carbocycles. The first-order chi connectivity index (χ1) is 10.7. The summed E-state index contributed by atoms with van der Waals surface area (Å²) in [7, 11) is 0. The van der Waals surface area contributed by atoms with Crippen LogP contribution in [-0.2, 0) is 4.74 Å². The monoisotopic (exact) mass is 301 g/mol. The molecule has 2 heterocycles. The van der Waals surface area contributed by atoms with Crippen molar-refractivity contribution in [3.8, 4) is 0 Å². The number of urea groups is 1. The summed E-state index contributed by atoms with van der Waals surface area (Å²) in [5, 5.41) is 2.93. The fraction of sp³-hybridized carbons (Fsp3) is 0.500. The van der Waals surface area contributed by atoms with Gasteiger partial charge in [-0.3, -0.25) is 0 Å². The molecule has 0 unspecified atom stereocenters. The molecule has 2 fully saturated rings. The number of nitrogens with one attached hydrogen (secondary N) is 1. The Bertz CT molecular complexity index is 708. The molecule has 6 heteroatoms. The average Bonchev–Trinajstić information content (AvgIpc) is 3.27. The minimum Gasteiger partial charge on any atom is -0.440 e. The van der Waals surface area contributed by atoms with E-state index >= 15 is 0 Å². The van der Waals surface area contributed by atoms with Gasteiger partial charge in [0.15, 0.2) is 11.5 Å². The number of oxazole rings is 1. The topological polar surface area (TPSA) is 67.6 Å². The lowest BCUT2D eigenvalue weighted by Crippen LogP contribution is -2.46. The normalized spacial score (nSPS) is 22.0. The van der Waals surface area contributed by atoms with Crippen molar-refractivity contribution in [3.05, 3.63) is 24.1 Å². The second-order valence-corrected chi connectivity index (χ2v) is 6.07. The van der Waals surface area contributed by atoms with Gasteiger partial charge in [0.25, 0.3) is 0 Å². The first kappa shape index (κ1) is 13.6. The number of hydrogen-bond acceptors (Lipinski definition) is 4. The van der Waals surface area contributed by atoms with Crippen molar-refractivity contribution in [1.82, 2.24) is 9.88 Å². The lowest BCUT2D eigenvalue weighted by molar-refractivity contribution is -0.00138. The van der Waals surface area contributed by atoms with Crippen LogP contribution in [0.4, 0.5) is 10.5 Å². The van der Waals surface area contributed by atoms with E-state index in [0.717, 1.165) is 35.5 Å². The molecule has 1 aromatic heterocycles. The first-order valence-corrected chi connectivity index (χ1v) is 7.77. The van der Waals surface area contributed by atoms with Gasteiger partial charge in [-0.05, 0) is 38.0 Å². The van der Waals surface area contributed by atoms with Gasteiger partial charge < -0.3 is 19.4 Å². The number of ether oxygens (including phenoxy) is 1. The Labute approximate surface area is 128 Å². The van der Waals surface area contributed by atoms with Gasteiger partial charge in [0.2, 0.25) is 0 Å². The molecule has 0 radical (unpaired) electrons. The molecular formula is C16H19N3O3. The number of benzene rings is 1. The number of rotatable bonds is 2. The summed E-state index contributed by atoms with van der Waals surface area (Å²) in [5.74, 6) is 1.31. The molecule has 1 aliphatic heterocycles. The third-order valence-electron chi connectivity index (χ3n) is 4.11. The van der Waals surface area contributed by atoms with Crippen molar-refractivity contribution in [2.75, 3.05) is 25.0 Å². The second kappa shape index (κ2) is 5.28. The number of carbonyl (C=O) groups is 1. The van der Waals surface area contributed by atoms with Gasteiger partial charge in [-0.1, -0.05) is 0 Å². The lowest BCUT2D eigenvalue weighted by atomic mass is 10.3. The minimum absolute atomic E-state index is 0.0821. The predicted molar refractivity (Wildman–Crippen MR) is 82.0 cm³/mol. The van der Waals surface area contributed by atoms with E-state index < -0.39 is 0 Å². The molecule has 6 nitrogen and oxygen atoms in total. The van der Waals surface area contributed by atoms with Gasteiger partial charge in [0.1, 0.15) is 5.52 Å². The molecule has 2 aromatic rings. The van der Waals surface area contributed by atoms with Crippen LogP contribution in [0.5, 0.6) is 0 Å². The van der Waals surface area contributed by atoms with E-state index in [1.165, 1.54) is 0 Å². The van der Waals surface area contributed by atoms with Crippen LogP contribution in [-0.4, -0.2) is 41.7 Å². The number of carbonyl (C=O) groups excluding carboxylic acids is 1. The quantitative estimate of drug-likeness (QED) is 0.926. The van der Waals surface area contributed by atoms with Gasteiger partial charge in [-0.15, -0.1) is 0 Å². The molecule has 0 spiro atoms. The molecule has 22 heavy (non-hydrogen) atoms. The molecule has 0 bridgehead atoms. The van der Waals surface area contributed by atoms with Crippen LogP contribution < -0.4 is 5.32 Å². The second-order valence-electron chi connectivity index (χ2n) is 6.07. The largest absolute Gasteiger partial charge is 0.440 e. The van der Waals surface area contributed by atoms with E-state index in [1.54, 1.807) is 4.90 Å². The smallest absolute Gasteiger partial charge is 0.322 e. The summed E-state index contributed by atoms with van der Waals surface area (Å²) in [4.78, 5) is 18.6. The number of nitrogens with zero attached hydrogens (tertiary/aromatic N) is 2. The van der Waals surface area contributed by atoms with Crippen LogP contribution in [0.1, 0.15) is 31.6 Å². The Hall–Kier alpha value is -2.08. The summed E-state index contributed by atoms with van der Waals surface area (Å²) in [6, 6.07) is 5.49. The van der Waals surface area contributed by atoms with Gasteiger partial charge in [0, 0.05) is 24.7 Å². The summed E-state index contributed by atoms with van der Waals surface area (Å²) in [5.41, 5.74) is 2.32. The highest BCUT2D eigenvalue weighted by atomic mass is 16.5. The van der Waals surface area contributed by atoms with E-state index in [9.17, 15) is 4.79 Å². The van der Waals surface area contributed by atoms with Gasteiger partial charge in [-0.2, -0.15) is 0 Å². The van der Waals surface area contributed by atoms with Crippen molar-refractivity contribution < 1.29 is 13.9 Å². The van der Waals surface area contributed by atoms with Crippen molar-refractivity contribution in [1.29, 1.82) is 0 Å². The van der Waals surface area contributed by atoms with Crippen LogP contribution >= 0.6 is 0 Å². The predicted octanol–water partition coefficient (Wildman–Crippen LogP) is 2.96. The molecule has 1 saturated carbocycles. The number of aromatic nitrogens is 1. The van der Waals surface area contributed by atoms with Gasteiger partial charge in [0.05, 0.1) is 12.7 Å². The van der Waals surface area contributed by atoms with E-state index in [-0.39, 0.29) is 12.1 Å². The van der Waals surface area contributed by atoms with Crippen molar-refractivity contribution in [2.24, 2.45) is 0 Å². The minimum atomic E-state index is -0.0968. The molecule has 1 N–H and O–H groups in total. The van der Waals surface area contributed by atoms with E-state index in [1.807, 2.05) is 25.1 Å². The lowest BCUT2D eigenvalue weighted by Gasteiger charge is -2.31. The zero-order valence-electron chi connectivity index (χ0n) is 12.5. The van der Waals surface area contributed by atoms with Crippen LogP contribution in [0.2, 0.25) is 0 Å². The maximum Gasteiger partial charge on any atom is 0.322 e. The Morgan fingerprint density at radius 3 is 3.05 bits per heavy atom. The molecule has 1 saturated heterocycles. The maximum absolute atomic E-state index is 12.3. The molecule has 116 valence electrons. The summed E-state index contributed by atoms with van der Waals surface area (Å²) in [6.07, 6.45) is 2.40. The molecule has 1 atom stereocenters. The molecule has 2 aliphatic rings. The Morgan fingerprint density at radius 2 is 2.27 bits per heavy atom. The van der Waals surface area contributed by atoms with Crippen LogP contribution in [0.15, 0.2) is 22.6 Å². The first-order valence-electron chi connectivity index (χ1n) is 7.77. The summed E-state index contributed by atoms with van der Waals surface area (Å²) >= 11 is 0. The molecule has 2 amide bonds. The van der Waals surface area contributed by atoms with Crippen molar-refractivity contribution >= 4 is 22.8 Å². The molecular weight excluding hydrogens is 282 g/mol. The van der Waals surface area contributed by atoms with E-state index in [0.29, 0.717) is 25.6 Å². The third-order valence-corrected chi connectivity index (χ3v) is 4.11. The molecule has 1 aromatic carbocycles. The van der Waals surface area contributed by atoms with Gasteiger partial charge >= 0.3 is 6.03 Å². The number of fused-ring (bicyclic) bond motifs is 1. The van der Waals surface area contributed by atoms with Gasteiger partial charge in [-0.25, -0.2) is 9.78 Å². The summed E-state index contributed by atoms with van der Waals surface area (Å²) < 4.78 is 11.2. The zero-order chi connectivity index (χ0) is 15.1.